The summed E-state index contributed by atoms with van der Waals surface area (Å²) in [5.41, 5.74) is 0.477. The third-order valence-electron chi connectivity index (χ3n) is 1.66. The molecule has 1 aromatic carbocycles. The lowest BCUT2D eigenvalue weighted by molar-refractivity contribution is 0.181. The summed E-state index contributed by atoms with van der Waals surface area (Å²) >= 11 is 5.62. The molecule has 70 valence electrons. The van der Waals surface area contributed by atoms with Crippen LogP contribution in [0, 0.1) is 5.82 Å². The molecule has 0 saturated heterocycles. The topological polar surface area (TPSA) is 20.2 Å². The van der Waals surface area contributed by atoms with Crippen LogP contribution < -0.4 is 0 Å². The van der Waals surface area contributed by atoms with Crippen LogP contribution in [0.1, 0.15) is 18.1 Å². The Balaban J connectivity index is 2.93. The predicted octanol–water partition coefficient (Wildman–Crippen LogP) is 3.09. The predicted molar refractivity (Wildman–Crippen MR) is 51.2 cm³/mol. The molecule has 1 N–H and O–H groups in total. The van der Waals surface area contributed by atoms with Gasteiger partial charge in [-0.25, -0.2) is 4.39 Å². The van der Waals surface area contributed by atoms with Gasteiger partial charge in [0.15, 0.2) is 0 Å². The molecule has 0 aromatic heterocycles. The van der Waals surface area contributed by atoms with Gasteiger partial charge in [0.1, 0.15) is 5.82 Å². The zero-order valence-corrected chi connectivity index (χ0v) is 7.76. The zero-order valence-electron chi connectivity index (χ0n) is 7.00. The van der Waals surface area contributed by atoms with Crippen molar-refractivity contribution in [2.45, 2.75) is 12.5 Å². The number of aliphatic hydroxyl groups is 1. The Morgan fingerprint density at radius 2 is 2.23 bits per heavy atom. The van der Waals surface area contributed by atoms with E-state index >= 15 is 0 Å². The van der Waals surface area contributed by atoms with E-state index in [0.717, 1.165) is 0 Å². The Labute approximate surface area is 81.5 Å². The average molecular weight is 201 g/mol. The highest BCUT2D eigenvalue weighted by molar-refractivity contribution is 6.30. The van der Waals surface area contributed by atoms with E-state index in [-0.39, 0.29) is 5.02 Å². The van der Waals surface area contributed by atoms with Gasteiger partial charge in [-0.2, -0.15) is 0 Å². The van der Waals surface area contributed by atoms with Crippen molar-refractivity contribution in [3.63, 3.8) is 0 Å². The van der Waals surface area contributed by atoms with Gasteiger partial charge in [0, 0.05) is 5.02 Å². The van der Waals surface area contributed by atoms with Crippen LogP contribution in [-0.2, 0) is 0 Å². The summed E-state index contributed by atoms with van der Waals surface area (Å²) in [5.74, 6) is -0.439. The summed E-state index contributed by atoms with van der Waals surface area (Å²) in [6.07, 6.45) is 1.23. The van der Waals surface area contributed by atoms with Crippen molar-refractivity contribution in [1.82, 2.24) is 0 Å². The van der Waals surface area contributed by atoms with E-state index in [9.17, 15) is 9.50 Å². The van der Waals surface area contributed by atoms with E-state index in [4.69, 9.17) is 11.6 Å². The molecule has 0 heterocycles. The molecule has 0 spiro atoms. The lowest BCUT2D eigenvalue weighted by atomic mass is 10.1. The van der Waals surface area contributed by atoms with E-state index in [1.54, 1.807) is 12.1 Å². The minimum Gasteiger partial charge on any atom is -0.388 e. The van der Waals surface area contributed by atoms with E-state index < -0.39 is 11.9 Å². The summed E-state index contributed by atoms with van der Waals surface area (Å²) in [7, 11) is 0. The third-order valence-corrected chi connectivity index (χ3v) is 1.88. The molecule has 0 fully saturated rings. The van der Waals surface area contributed by atoms with Gasteiger partial charge in [0.05, 0.1) is 6.10 Å². The number of hydrogen-bond donors (Lipinski definition) is 1. The van der Waals surface area contributed by atoms with Crippen LogP contribution in [0.5, 0.6) is 0 Å². The minimum absolute atomic E-state index is 0.290. The Bertz CT molecular complexity index is 292. The van der Waals surface area contributed by atoms with E-state index in [1.165, 1.54) is 12.1 Å². The molecule has 1 nitrogen and oxygen atoms in total. The first kappa shape index (κ1) is 10.2. The highest BCUT2D eigenvalue weighted by Crippen LogP contribution is 2.22. The molecule has 0 unspecified atom stereocenters. The third kappa shape index (κ3) is 2.83. The largest absolute Gasteiger partial charge is 0.388 e. The van der Waals surface area contributed by atoms with E-state index in [0.29, 0.717) is 12.0 Å². The van der Waals surface area contributed by atoms with Crippen molar-refractivity contribution in [3.05, 3.63) is 47.3 Å². The second kappa shape index (κ2) is 4.40. The van der Waals surface area contributed by atoms with Gasteiger partial charge in [0.2, 0.25) is 0 Å². The van der Waals surface area contributed by atoms with Crippen molar-refractivity contribution >= 4 is 11.6 Å². The van der Waals surface area contributed by atoms with E-state index in [2.05, 4.69) is 6.58 Å². The van der Waals surface area contributed by atoms with Crippen LogP contribution >= 0.6 is 11.6 Å². The maximum absolute atomic E-state index is 12.8. The first-order chi connectivity index (χ1) is 6.13. The fourth-order valence-electron chi connectivity index (χ4n) is 1.06. The van der Waals surface area contributed by atoms with Crippen LogP contribution in [0.25, 0.3) is 0 Å². The molecule has 0 amide bonds. The van der Waals surface area contributed by atoms with Gasteiger partial charge >= 0.3 is 0 Å². The molecule has 13 heavy (non-hydrogen) atoms. The average Bonchev–Trinajstić information content (AvgIpc) is 2.03. The van der Waals surface area contributed by atoms with Gasteiger partial charge in [-0.15, -0.1) is 6.58 Å². The number of benzene rings is 1. The van der Waals surface area contributed by atoms with Gasteiger partial charge in [-0.3, -0.25) is 0 Å². The highest BCUT2D eigenvalue weighted by atomic mass is 35.5. The molecule has 0 aliphatic rings. The molecule has 0 aliphatic carbocycles. The van der Waals surface area contributed by atoms with Crippen LogP contribution in [0.2, 0.25) is 5.02 Å². The standard InChI is InChI=1S/C10H10ClFO/c1-2-3-10(13)7-4-8(11)6-9(12)5-7/h2,4-6,10,13H,1,3H2/t10-/m1/s1. The monoisotopic (exact) mass is 200 g/mol. The van der Waals surface area contributed by atoms with Gasteiger partial charge in [-0.1, -0.05) is 17.7 Å². The Kier molecular flexibility index (Phi) is 3.46. The summed E-state index contributed by atoms with van der Waals surface area (Å²) in [6, 6.07) is 4.00. The summed E-state index contributed by atoms with van der Waals surface area (Å²) in [4.78, 5) is 0. The molecule has 1 aromatic rings. The summed E-state index contributed by atoms with van der Waals surface area (Å²) < 4.78 is 12.8. The van der Waals surface area contributed by atoms with Crippen LogP contribution in [0.15, 0.2) is 30.9 Å². The number of rotatable bonds is 3. The number of hydrogen-bond acceptors (Lipinski definition) is 1. The van der Waals surface area contributed by atoms with Crippen LogP contribution in [-0.4, -0.2) is 5.11 Å². The van der Waals surface area contributed by atoms with Crippen molar-refractivity contribution in [2.24, 2.45) is 0 Å². The van der Waals surface area contributed by atoms with Crippen molar-refractivity contribution in [1.29, 1.82) is 0 Å². The molecule has 0 aliphatic heterocycles. The van der Waals surface area contributed by atoms with Crippen LogP contribution in [0.3, 0.4) is 0 Å². The SMILES string of the molecule is C=CC[C@@H](O)c1cc(F)cc(Cl)c1. The lowest BCUT2D eigenvalue weighted by Crippen LogP contribution is -1.96. The number of halogens is 2. The van der Waals surface area contributed by atoms with Crippen molar-refractivity contribution < 1.29 is 9.50 Å². The van der Waals surface area contributed by atoms with E-state index in [1.807, 2.05) is 0 Å². The summed E-state index contributed by atoms with van der Waals surface area (Å²) in [6.45, 7) is 3.48. The first-order valence-electron chi connectivity index (χ1n) is 3.88. The fourth-order valence-corrected chi connectivity index (χ4v) is 1.29. The second-order valence-electron chi connectivity index (χ2n) is 2.74. The highest BCUT2D eigenvalue weighted by Gasteiger charge is 2.07. The normalized spacial score (nSPS) is 12.5. The molecule has 1 rings (SSSR count). The molecular formula is C10H10ClFO. The maximum atomic E-state index is 12.8. The Morgan fingerprint density at radius 1 is 1.54 bits per heavy atom. The smallest absolute Gasteiger partial charge is 0.125 e. The molecule has 0 radical (unpaired) electrons. The maximum Gasteiger partial charge on any atom is 0.125 e. The Morgan fingerprint density at radius 3 is 2.77 bits per heavy atom. The van der Waals surface area contributed by atoms with Crippen LogP contribution in [0.4, 0.5) is 4.39 Å². The molecule has 0 saturated carbocycles. The van der Waals surface area contributed by atoms with Crippen molar-refractivity contribution in [2.75, 3.05) is 0 Å². The first-order valence-corrected chi connectivity index (χ1v) is 4.26. The quantitative estimate of drug-likeness (QED) is 0.744. The molecule has 3 heteroatoms. The van der Waals surface area contributed by atoms with Crippen molar-refractivity contribution in [3.8, 4) is 0 Å². The minimum atomic E-state index is -0.731. The summed E-state index contributed by atoms with van der Waals surface area (Å²) in [5, 5.41) is 9.76. The number of aliphatic hydroxyl groups excluding tert-OH is 1. The zero-order chi connectivity index (χ0) is 9.84. The lowest BCUT2D eigenvalue weighted by Gasteiger charge is -2.08. The Hall–Kier alpha value is -0.860. The molecule has 1 atom stereocenters. The fraction of sp³-hybridized carbons (Fsp3) is 0.200. The molecular weight excluding hydrogens is 191 g/mol. The van der Waals surface area contributed by atoms with Gasteiger partial charge < -0.3 is 5.11 Å². The second-order valence-corrected chi connectivity index (χ2v) is 3.18. The van der Waals surface area contributed by atoms with Gasteiger partial charge in [-0.05, 0) is 30.2 Å². The molecule has 0 bridgehead atoms. The van der Waals surface area contributed by atoms with Gasteiger partial charge in [0.25, 0.3) is 0 Å².